The Morgan fingerprint density at radius 1 is 1.09 bits per heavy atom. The summed E-state index contributed by atoms with van der Waals surface area (Å²) >= 11 is 0. The van der Waals surface area contributed by atoms with Gasteiger partial charge in [-0.2, -0.15) is 5.10 Å². The number of aromatic nitrogens is 4. The van der Waals surface area contributed by atoms with E-state index >= 15 is 0 Å². The van der Waals surface area contributed by atoms with Crippen LogP contribution in [0.25, 0.3) is 33.9 Å². The molecule has 6 nitrogen and oxygen atoms in total. The largest absolute Gasteiger partial charge is 0.383 e. The number of fused-ring (bicyclic) bond motifs is 2. The van der Waals surface area contributed by atoms with Gasteiger partial charge in [-0.15, -0.1) is 0 Å². The lowest BCUT2D eigenvalue weighted by Gasteiger charge is -2.07. The Hall–Kier alpha value is -4.59. The molecule has 0 radical (unpaired) electrons. The Kier molecular flexibility index (Phi) is 4.63. The number of benzene rings is 3. The van der Waals surface area contributed by atoms with Gasteiger partial charge in [-0.25, -0.2) is 18.4 Å². The Morgan fingerprint density at radius 2 is 1.94 bits per heavy atom. The van der Waals surface area contributed by atoms with Gasteiger partial charge in [0.05, 0.1) is 28.5 Å². The third-order valence-corrected chi connectivity index (χ3v) is 6.27. The molecule has 0 aliphatic heterocycles. The van der Waals surface area contributed by atoms with Crippen molar-refractivity contribution in [2.75, 3.05) is 5.73 Å². The number of anilines is 1. The first-order valence-electron chi connectivity index (χ1n) is 11.0. The molecular formula is C27H19F2N5O. The monoisotopic (exact) mass is 467 g/mol. The van der Waals surface area contributed by atoms with E-state index in [9.17, 15) is 13.6 Å². The van der Waals surface area contributed by atoms with Crippen LogP contribution in [0.4, 0.5) is 14.6 Å². The van der Waals surface area contributed by atoms with Crippen LogP contribution >= 0.6 is 0 Å². The van der Waals surface area contributed by atoms with Crippen LogP contribution in [0.2, 0.25) is 0 Å². The molecule has 0 spiro atoms. The van der Waals surface area contributed by atoms with Crippen molar-refractivity contribution in [2.45, 2.75) is 13.3 Å². The number of nitrogens with two attached hydrogens (primary N) is 1. The highest BCUT2D eigenvalue weighted by Crippen LogP contribution is 2.33. The van der Waals surface area contributed by atoms with E-state index in [1.54, 1.807) is 6.07 Å². The number of nitrogen functional groups attached to an aromatic ring is 1. The van der Waals surface area contributed by atoms with Crippen LogP contribution in [-0.2, 0) is 6.42 Å². The van der Waals surface area contributed by atoms with Gasteiger partial charge in [0.15, 0.2) is 5.78 Å². The molecule has 0 saturated heterocycles. The molecule has 172 valence electrons. The van der Waals surface area contributed by atoms with Gasteiger partial charge in [0.25, 0.3) is 0 Å². The van der Waals surface area contributed by atoms with Crippen molar-refractivity contribution in [3.8, 4) is 16.8 Å². The number of halogens is 2. The summed E-state index contributed by atoms with van der Waals surface area (Å²) in [5.41, 5.74) is 12.3. The number of hydrogen-bond acceptors (Lipinski definition) is 4. The van der Waals surface area contributed by atoms with Crippen molar-refractivity contribution < 1.29 is 13.6 Å². The molecule has 1 aliphatic carbocycles. The molecule has 0 amide bonds. The first kappa shape index (κ1) is 21.0. The molecule has 35 heavy (non-hydrogen) atoms. The fraction of sp³-hybridized carbons (Fsp3) is 0.0741. The van der Waals surface area contributed by atoms with Gasteiger partial charge < -0.3 is 10.7 Å². The Labute approximate surface area is 198 Å². The van der Waals surface area contributed by atoms with Crippen molar-refractivity contribution >= 4 is 28.7 Å². The van der Waals surface area contributed by atoms with Crippen molar-refractivity contribution in [1.29, 1.82) is 0 Å². The number of Topliss-reactive ketones (excluding diaryl/α,β-unsaturated/α-hetero) is 1. The summed E-state index contributed by atoms with van der Waals surface area (Å²) < 4.78 is 29.1. The molecule has 2 aromatic heterocycles. The minimum atomic E-state index is -0.629. The molecule has 0 bridgehead atoms. The quantitative estimate of drug-likeness (QED) is 0.346. The maximum absolute atomic E-state index is 14.3. The SMILES string of the molecule is Cc1nc2ccc(-n3ncc(C(=O)C4=Cc5ccc(-c6ccc(F)cc6F)cc5C4)c3N)cc2[nH]1. The summed E-state index contributed by atoms with van der Waals surface area (Å²) in [6.07, 6.45) is 3.68. The number of imidazole rings is 1. The normalized spacial score (nSPS) is 12.7. The first-order valence-corrected chi connectivity index (χ1v) is 11.0. The number of aryl methyl sites for hydroxylation is 1. The fourth-order valence-electron chi connectivity index (χ4n) is 4.55. The second-order valence-electron chi connectivity index (χ2n) is 8.59. The lowest BCUT2D eigenvalue weighted by Crippen LogP contribution is -2.08. The highest BCUT2D eigenvalue weighted by Gasteiger charge is 2.24. The third-order valence-electron chi connectivity index (χ3n) is 6.27. The fourth-order valence-corrected chi connectivity index (χ4v) is 4.55. The van der Waals surface area contributed by atoms with Crippen LogP contribution < -0.4 is 5.73 Å². The number of H-pyrrole nitrogens is 1. The molecule has 0 atom stereocenters. The highest BCUT2D eigenvalue weighted by molar-refractivity contribution is 6.15. The van der Waals surface area contributed by atoms with E-state index in [0.717, 1.165) is 34.1 Å². The number of nitrogens with zero attached hydrogens (tertiary/aromatic N) is 3. The van der Waals surface area contributed by atoms with Crippen LogP contribution in [0, 0.1) is 18.6 Å². The number of rotatable bonds is 4. The molecule has 1 aliphatic rings. The van der Waals surface area contributed by atoms with E-state index < -0.39 is 11.6 Å². The summed E-state index contributed by atoms with van der Waals surface area (Å²) in [7, 11) is 0. The van der Waals surface area contributed by atoms with Crippen molar-refractivity contribution in [1.82, 2.24) is 19.7 Å². The second-order valence-corrected chi connectivity index (χ2v) is 8.59. The van der Waals surface area contributed by atoms with E-state index in [4.69, 9.17) is 5.73 Å². The molecule has 3 aromatic carbocycles. The lowest BCUT2D eigenvalue weighted by atomic mass is 9.99. The van der Waals surface area contributed by atoms with Gasteiger partial charge in [0.2, 0.25) is 0 Å². The molecule has 0 fully saturated rings. The zero-order valence-electron chi connectivity index (χ0n) is 18.6. The maximum atomic E-state index is 14.3. The highest BCUT2D eigenvalue weighted by atomic mass is 19.1. The zero-order chi connectivity index (χ0) is 24.3. The van der Waals surface area contributed by atoms with E-state index in [0.29, 0.717) is 34.4 Å². The molecule has 6 rings (SSSR count). The van der Waals surface area contributed by atoms with E-state index in [1.165, 1.54) is 23.0 Å². The average molecular weight is 467 g/mol. The molecule has 8 heteroatoms. The van der Waals surface area contributed by atoms with E-state index in [2.05, 4.69) is 15.1 Å². The van der Waals surface area contributed by atoms with Gasteiger partial charge in [-0.1, -0.05) is 18.2 Å². The molecule has 5 aromatic rings. The number of ketones is 1. The summed E-state index contributed by atoms with van der Waals surface area (Å²) in [5, 5.41) is 4.35. The third kappa shape index (κ3) is 3.50. The first-order chi connectivity index (χ1) is 16.9. The van der Waals surface area contributed by atoms with Crippen molar-refractivity contribution in [3.63, 3.8) is 0 Å². The second kappa shape index (κ2) is 7.73. The van der Waals surface area contributed by atoms with Crippen LogP contribution in [0.1, 0.15) is 27.3 Å². The molecule has 0 unspecified atom stereocenters. The zero-order valence-corrected chi connectivity index (χ0v) is 18.6. The standard InChI is InChI=1S/C27H19F2N5O/c1-14-32-24-7-5-20(12-25(24)33-14)34-27(30)22(13-31-34)26(35)18-8-15-2-3-16(9-17(15)10-18)21-6-4-19(28)11-23(21)29/h2-9,11-13H,10,30H2,1H3,(H,32,33). The number of hydrogen-bond donors (Lipinski definition) is 2. The Balaban J connectivity index is 1.28. The summed E-state index contributed by atoms with van der Waals surface area (Å²) in [4.78, 5) is 20.9. The molecule has 3 N–H and O–H groups in total. The average Bonchev–Trinajstić information content (AvgIpc) is 3.53. The summed E-state index contributed by atoms with van der Waals surface area (Å²) in [5.74, 6) is -0.412. The summed E-state index contributed by atoms with van der Waals surface area (Å²) in [6, 6.07) is 14.5. The predicted molar refractivity (Wildman–Crippen MR) is 130 cm³/mol. The minimum Gasteiger partial charge on any atom is -0.383 e. The van der Waals surface area contributed by atoms with Crippen LogP contribution in [0.5, 0.6) is 0 Å². The number of aromatic amines is 1. The molecule has 2 heterocycles. The van der Waals surface area contributed by atoms with Crippen LogP contribution in [0.15, 0.2) is 66.4 Å². The van der Waals surface area contributed by atoms with Gasteiger partial charge in [-0.05, 0) is 60.0 Å². The predicted octanol–water partition coefficient (Wildman–Crippen LogP) is 5.41. The van der Waals surface area contributed by atoms with Crippen molar-refractivity contribution in [3.05, 3.63) is 101 Å². The Morgan fingerprint density at radius 3 is 2.77 bits per heavy atom. The van der Waals surface area contributed by atoms with Crippen molar-refractivity contribution in [2.24, 2.45) is 0 Å². The number of carbonyl (C=O) groups excluding carboxylic acids is 1. The maximum Gasteiger partial charge on any atom is 0.194 e. The summed E-state index contributed by atoms with van der Waals surface area (Å²) in [6.45, 7) is 1.88. The van der Waals surface area contributed by atoms with Crippen LogP contribution in [-0.4, -0.2) is 25.5 Å². The number of nitrogens with one attached hydrogen (secondary N) is 1. The van der Waals surface area contributed by atoms with Gasteiger partial charge in [-0.3, -0.25) is 4.79 Å². The molecule has 0 saturated carbocycles. The Bertz CT molecular complexity index is 1700. The topological polar surface area (TPSA) is 89.6 Å². The van der Waals surface area contributed by atoms with Crippen LogP contribution in [0.3, 0.4) is 0 Å². The minimum absolute atomic E-state index is 0.210. The smallest absolute Gasteiger partial charge is 0.194 e. The van der Waals surface area contributed by atoms with Gasteiger partial charge in [0.1, 0.15) is 23.3 Å². The van der Waals surface area contributed by atoms with E-state index in [1.807, 2.05) is 43.3 Å². The molecular weight excluding hydrogens is 448 g/mol. The van der Waals surface area contributed by atoms with Gasteiger partial charge in [0, 0.05) is 23.6 Å². The number of allylic oxidation sites excluding steroid dienone is 1. The van der Waals surface area contributed by atoms with E-state index in [-0.39, 0.29) is 11.6 Å². The number of carbonyl (C=O) groups is 1. The van der Waals surface area contributed by atoms with Gasteiger partial charge >= 0.3 is 0 Å². The lowest BCUT2D eigenvalue weighted by molar-refractivity contribution is 0.103.